The predicted octanol–water partition coefficient (Wildman–Crippen LogP) is 0.643. The molecule has 3 heterocycles. The standard InChI is InChI=1S/C12H16N6O/c1-2-8(1)12-16-11(19-17-12)5-13-9-3-4-10-14-7-15-18(10)6-9/h7-9,13H,1-6H2/t9-/m1/s1. The fourth-order valence-corrected chi connectivity index (χ4v) is 2.48. The van der Waals surface area contributed by atoms with Gasteiger partial charge in [-0.15, -0.1) is 0 Å². The summed E-state index contributed by atoms with van der Waals surface area (Å²) in [4.78, 5) is 8.64. The number of aromatic nitrogens is 5. The van der Waals surface area contributed by atoms with Crippen LogP contribution in [0.25, 0.3) is 0 Å². The summed E-state index contributed by atoms with van der Waals surface area (Å²) in [5.41, 5.74) is 0. The van der Waals surface area contributed by atoms with Crippen molar-refractivity contribution in [2.24, 2.45) is 0 Å². The van der Waals surface area contributed by atoms with Crippen LogP contribution in [-0.2, 0) is 19.5 Å². The Morgan fingerprint density at radius 1 is 1.37 bits per heavy atom. The molecule has 1 N–H and O–H groups in total. The third kappa shape index (κ3) is 2.25. The molecule has 1 saturated carbocycles. The Hall–Kier alpha value is -1.76. The molecule has 1 aliphatic carbocycles. The Morgan fingerprint density at radius 3 is 3.21 bits per heavy atom. The van der Waals surface area contributed by atoms with Gasteiger partial charge in [-0.1, -0.05) is 5.16 Å². The number of rotatable bonds is 4. The monoisotopic (exact) mass is 260 g/mol. The van der Waals surface area contributed by atoms with Gasteiger partial charge in [0.2, 0.25) is 5.89 Å². The summed E-state index contributed by atoms with van der Waals surface area (Å²) in [5.74, 6) is 3.18. The first kappa shape index (κ1) is 11.1. The van der Waals surface area contributed by atoms with Crippen molar-refractivity contribution in [2.75, 3.05) is 0 Å². The van der Waals surface area contributed by atoms with E-state index in [0.717, 1.165) is 31.0 Å². The second kappa shape index (κ2) is 4.41. The van der Waals surface area contributed by atoms with Crippen LogP contribution in [0.2, 0.25) is 0 Å². The number of aryl methyl sites for hydroxylation is 1. The molecule has 2 aromatic heterocycles. The molecule has 0 radical (unpaired) electrons. The average molecular weight is 260 g/mol. The van der Waals surface area contributed by atoms with E-state index in [4.69, 9.17) is 4.52 Å². The fourth-order valence-electron chi connectivity index (χ4n) is 2.48. The molecule has 7 heteroatoms. The van der Waals surface area contributed by atoms with Gasteiger partial charge in [-0.25, -0.2) is 9.67 Å². The third-order valence-corrected chi connectivity index (χ3v) is 3.77. The van der Waals surface area contributed by atoms with Crippen LogP contribution in [-0.4, -0.2) is 30.9 Å². The van der Waals surface area contributed by atoms with E-state index in [9.17, 15) is 0 Å². The van der Waals surface area contributed by atoms with Crippen LogP contribution >= 0.6 is 0 Å². The summed E-state index contributed by atoms with van der Waals surface area (Å²) in [6.45, 7) is 1.49. The highest BCUT2D eigenvalue weighted by molar-refractivity contribution is 5.03. The van der Waals surface area contributed by atoms with Gasteiger partial charge in [0.15, 0.2) is 5.82 Å². The molecule has 1 aliphatic heterocycles. The molecule has 0 bridgehead atoms. The number of nitrogens with zero attached hydrogens (tertiary/aromatic N) is 5. The van der Waals surface area contributed by atoms with Crippen molar-refractivity contribution < 1.29 is 4.52 Å². The van der Waals surface area contributed by atoms with E-state index in [1.807, 2.05) is 4.68 Å². The summed E-state index contributed by atoms with van der Waals surface area (Å²) < 4.78 is 7.22. The Labute approximate surface area is 110 Å². The lowest BCUT2D eigenvalue weighted by atomic mass is 10.1. The first-order valence-electron chi connectivity index (χ1n) is 6.81. The van der Waals surface area contributed by atoms with Crippen molar-refractivity contribution in [3.63, 3.8) is 0 Å². The van der Waals surface area contributed by atoms with Crippen LogP contribution in [0.5, 0.6) is 0 Å². The molecule has 2 aromatic rings. The molecule has 1 fully saturated rings. The molecular weight excluding hydrogens is 244 g/mol. The van der Waals surface area contributed by atoms with E-state index in [2.05, 4.69) is 25.5 Å². The molecule has 0 saturated heterocycles. The van der Waals surface area contributed by atoms with E-state index in [1.165, 1.54) is 12.8 Å². The highest BCUT2D eigenvalue weighted by Crippen LogP contribution is 2.38. The summed E-state index contributed by atoms with van der Waals surface area (Å²) in [5, 5.41) is 11.7. The minimum absolute atomic E-state index is 0.394. The molecular formula is C12H16N6O. The molecule has 4 rings (SSSR count). The number of nitrogens with one attached hydrogen (secondary N) is 1. The molecule has 1 atom stereocenters. The molecule has 0 unspecified atom stereocenters. The topological polar surface area (TPSA) is 81.7 Å². The zero-order valence-corrected chi connectivity index (χ0v) is 10.6. The van der Waals surface area contributed by atoms with Gasteiger partial charge in [0.1, 0.15) is 12.2 Å². The normalized spacial score (nSPS) is 22.4. The maximum atomic E-state index is 5.25. The number of hydrogen-bond donors (Lipinski definition) is 1. The maximum Gasteiger partial charge on any atom is 0.240 e. The predicted molar refractivity (Wildman–Crippen MR) is 65.2 cm³/mol. The molecule has 2 aliphatic rings. The Morgan fingerprint density at radius 2 is 2.32 bits per heavy atom. The molecule has 7 nitrogen and oxygen atoms in total. The lowest BCUT2D eigenvalue weighted by Crippen LogP contribution is -2.37. The SMILES string of the molecule is c1nc2n(n1)C[C@H](NCc1nc(C3CC3)no1)CC2. The van der Waals surface area contributed by atoms with Gasteiger partial charge in [-0.3, -0.25) is 0 Å². The van der Waals surface area contributed by atoms with Gasteiger partial charge in [-0.2, -0.15) is 10.1 Å². The van der Waals surface area contributed by atoms with Crippen molar-refractivity contribution in [1.82, 2.24) is 30.2 Å². The van der Waals surface area contributed by atoms with E-state index in [-0.39, 0.29) is 0 Å². The van der Waals surface area contributed by atoms with Gasteiger partial charge in [0.25, 0.3) is 0 Å². The summed E-state index contributed by atoms with van der Waals surface area (Å²) in [6.07, 6.45) is 6.06. The number of fused-ring (bicyclic) bond motifs is 1. The van der Waals surface area contributed by atoms with Gasteiger partial charge in [0, 0.05) is 18.4 Å². The Balaban J connectivity index is 1.34. The van der Waals surface area contributed by atoms with Gasteiger partial charge in [0.05, 0.1) is 13.1 Å². The summed E-state index contributed by atoms with van der Waals surface area (Å²) in [6, 6.07) is 0.394. The smallest absolute Gasteiger partial charge is 0.240 e. The Kier molecular flexibility index (Phi) is 2.58. The number of hydrogen-bond acceptors (Lipinski definition) is 6. The second-order valence-electron chi connectivity index (χ2n) is 5.30. The van der Waals surface area contributed by atoms with Crippen LogP contribution in [0.4, 0.5) is 0 Å². The van der Waals surface area contributed by atoms with Crippen molar-refractivity contribution in [1.29, 1.82) is 0 Å². The van der Waals surface area contributed by atoms with Gasteiger partial charge >= 0.3 is 0 Å². The van der Waals surface area contributed by atoms with Crippen LogP contribution in [0.1, 0.15) is 42.7 Å². The van der Waals surface area contributed by atoms with E-state index < -0.39 is 0 Å². The summed E-state index contributed by atoms with van der Waals surface area (Å²) >= 11 is 0. The van der Waals surface area contributed by atoms with Crippen LogP contribution in [0, 0.1) is 0 Å². The lowest BCUT2D eigenvalue weighted by molar-refractivity contribution is 0.319. The van der Waals surface area contributed by atoms with Crippen molar-refractivity contribution in [3.05, 3.63) is 23.9 Å². The quantitative estimate of drug-likeness (QED) is 0.869. The zero-order valence-electron chi connectivity index (χ0n) is 10.6. The van der Waals surface area contributed by atoms with Gasteiger partial charge in [-0.05, 0) is 19.3 Å². The zero-order chi connectivity index (χ0) is 12.7. The van der Waals surface area contributed by atoms with E-state index >= 15 is 0 Å². The van der Waals surface area contributed by atoms with Crippen molar-refractivity contribution in [2.45, 2.75) is 50.7 Å². The third-order valence-electron chi connectivity index (χ3n) is 3.77. The van der Waals surface area contributed by atoms with E-state index in [0.29, 0.717) is 24.4 Å². The molecule has 0 amide bonds. The summed E-state index contributed by atoms with van der Waals surface area (Å²) in [7, 11) is 0. The van der Waals surface area contributed by atoms with Crippen LogP contribution in [0.3, 0.4) is 0 Å². The molecule has 19 heavy (non-hydrogen) atoms. The van der Waals surface area contributed by atoms with Crippen LogP contribution < -0.4 is 5.32 Å². The van der Waals surface area contributed by atoms with Crippen molar-refractivity contribution >= 4 is 0 Å². The highest BCUT2D eigenvalue weighted by Gasteiger charge is 2.29. The molecule has 100 valence electrons. The van der Waals surface area contributed by atoms with E-state index in [1.54, 1.807) is 6.33 Å². The minimum atomic E-state index is 0.394. The minimum Gasteiger partial charge on any atom is -0.338 e. The lowest BCUT2D eigenvalue weighted by Gasteiger charge is -2.22. The highest BCUT2D eigenvalue weighted by atomic mass is 16.5. The van der Waals surface area contributed by atoms with Crippen molar-refractivity contribution in [3.8, 4) is 0 Å². The molecule has 0 spiro atoms. The maximum absolute atomic E-state index is 5.25. The Bertz CT molecular complexity index is 572. The first-order chi connectivity index (χ1) is 9.38. The fraction of sp³-hybridized carbons (Fsp3) is 0.667. The largest absolute Gasteiger partial charge is 0.338 e. The van der Waals surface area contributed by atoms with Gasteiger partial charge < -0.3 is 9.84 Å². The average Bonchev–Trinajstić information content (AvgIpc) is 3.01. The second-order valence-corrected chi connectivity index (χ2v) is 5.30. The van der Waals surface area contributed by atoms with Crippen LogP contribution in [0.15, 0.2) is 10.9 Å². The first-order valence-corrected chi connectivity index (χ1v) is 6.81. The molecule has 0 aromatic carbocycles.